The number of amides is 1. The van der Waals surface area contributed by atoms with Gasteiger partial charge in [-0.1, -0.05) is 30.3 Å². The van der Waals surface area contributed by atoms with Crippen LogP contribution in [-0.4, -0.2) is 23.2 Å². The molecule has 0 saturated heterocycles. The molecular formula is C14H21NO2. The molecule has 1 aromatic rings. The first-order valence-electron chi connectivity index (χ1n) is 6.00. The number of hydrogen-bond donors (Lipinski definition) is 2. The van der Waals surface area contributed by atoms with Gasteiger partial charge in [0.1, 0.15) is 0 Å². The maximum absolute atomic E-state index is 11.5. The van der Waals surface area contributed by atoms with Crippen molar-refractivity contribution in [3.63, 3.8) is 0 Å². The second-order valence-electron chi connectivity index (χ2n) is 4.93. The van der Waals surface area contributed by atoms with Crippen molar-refractivity contribution in [1.82, 2.24) is 5.32 Å². The van der Waals surface area contributed by atoms with E-state index in [0.29, 0.717) is 13.0 Å². The summed E-state index contributed by atoms with van der Waals surface area (Å²) in [7, 11) is 0. The lowest BCUT2D eigenvalue weighted by atomic mass is 10.1. The Balaban J connectivity index is 2.17. The molecule has 0 atom stereocenters. The van der Waals surface area contributed by atoms with Gasteiger partial charge in [-0.25, -0.2) is 0 Å². The number of rotatable bonds is 6. The summed E-state index contributed by atoms with van der Waals surface area (Å²) < 4.78 is 0. The maximum atomic E-state index is 11.5. The second-order valence-corrected chi connectivity index (χ2v) is 4.93. The molecule has 1 aromatic carbocycles. The predicted octanol–water partition coefficient (Wildman–Crippen LogP) is 1.90. The zero-order chi connectivity index (χ0) is 12.7. The molecule has 2 N–H and O–H groups in total. The molecule has 0 aliphatic carbocycles. The zero-order valence-corrected chi connectivity index (χ0v) is 10.6. The predicted molar refractivity (Wildman–Crippen MR) is 68.7 cm³/mol. The monoisotopic (exact) mass is 235 g/mol. The molecule has 0 aromatic heterocycles. The fourth-order valence-electron chi connectivity index (χ4n) is 1.50. The summed E-state index contributed by atoms with van der Waals surface area (Å²) in [5.74, 6) is 0.00283. The van der Waals surface area contributed by atoms with Gasteiger partial charge in [0, 0.05) is 13.0 Å². The van der Waals surface area contributed by atoms with Crippen LogP contribution in [0.4, 0.5) is 0 Å². The van der Waals surface area contributed by atoms with Gasteiger partial charge in [-0.15, -0.1) is 0 Å². The van der Waals surface area contributed by atoms with E-state index >= 15 is 0 Å². The minimum Gasteiger partial charge on any atom is -0.389 e. The van der Waals surface area contributed by atoms with E-state index in [1.54, 1.807) is 13.8 Å². The fourth-order valence-corrected chi connectivity index (χ4v) is 1.50. The largest absolute Gasteiger partial charge is 0.389 e. The number of benzene rings is 1. The topological polar surface area (TPSA) is 49.3 Å². The van der Waals surface area contributed by atoms with Gasteiger partial charge in [-0.2, -0.15) is 0 Å². The Kier molecular flexibility index (Phi) is 5.16. The van der Waals surface area contributed by atoms with Crippen molar-refractivity contribution in [3.05, 3.63) is 35.9 Å². The summed E-state index contributed by atoms with van der Waals surface area (Å²) in [6.07, 6.45) is 2.25. The van der Waals surface area contributed by atoms with Gasteiger partial charge in [0.25, 0.3) is 0 Å². The van der Waals surface area contributed by atoms with Crippen LogP contribution in [0.3, 0.4) is 0 Å². The number of aliphatic hydroxyl groups is 1. The molecule has 1 amide bonds. The molecule has 1 rings (SSSR count). The molecule has 0 bridgehead atoms. The minimum absolute atomic E-state index is 0.00283. The van der Waals surface area contributed by atoms with Gasteiger partial charge in [0.2, 0.25) is 5.91 Å². The molecule has 0 radical (unpaired) electrons. The molecule has 0 unspecified atom stereocenters. The van der Waals surface area contributed by atoms with E-state index in [9.17, 15) is 9.90 Å². The first-order valence-corrected chi connectivity index (χ1v) is 6.00. The Labute approximate surface area is 103 Å². The molecule has 0 fully saturated rings. The van der Waals surface area contributed by atoms with Crippen molar-refractivity contribution in [2.75, 3.05) is 6.54 Å². The Morgan fingerprint density at radius 1 is 1.29 bits per heavy atom. The fraction of sp³-hybridized carbons (Fsp3) is 0.500. The van der Waals surface area contributed by atoms with Crippen molar-refractivity contribution in [2.45, 2.75) is 38.7 Å². The van der Waals surface area contributed by atoms with Crippen LogP contribution in [0.1, 0.15) is 32.3 Å². The normalized spacial score (nSPS) is 11.2. The summed E-state index contributed by atoms with van der Waals surface area (Å²) in [6, 6.07) is 10.1. The van der Waals surface area contributed by atoms with Gasteiger partial charge < -0.3 is 10.4 Å². The Morgan fingerprint density at radius 2 is 1.94 bits per heavy atom. The maximum Gasteiger partial charge on any atom is 0.220 e. The standard InChI is InChI=1S/C14H21NO2/c1-14(2,17)11-15-13(16)10-6-9-12-7-4-3-5-8-12/h3-5,7-8,17H,6,9-11H2,1-2H3,(H,15,16). The highest BCUT2D eigenvalue weighted by Gasteiger charge is 2.13. The van der Waals surface area contributed by atoms with Gasteiger partial charge in [-0.05, 0) is 32.3 Å². The van der Waals surface area contributed by atoms with Crippen LogP contribution in [0, 0.1) is 0 Å². The molecule has 0 aliphatic heterocycles. The number of hydrogen-bond acceptors (Lipinski definition) is 2. The van der Waals surface area contributed by atoms with Gasteiger partial charge in [0.15, 0.2) is 0 Å². The van der Waals surface area contributed by atoms with E-state index in [4.69, 9.17) is 0 Å². The smallest absolute Gasteiger partial charge is 0.220 e. The second kappa shape index (κ2) is 6.40. The third-order valence-electron chi connectivity index (χ3n) is 2.43. The average molecular weight is 235 g/mol. The van der Waals surface area contributed by atoms with Crippen molar-refractivity contribution < 1.29 is 9.90 Å². The van der Waals surface area contributed by atoms with Crippen molar-refractivity contribution >= 4 is 5.91 Å². The van der Waals surface area contributed by atoms with Crippen LogP contribution < -0.4 is 5.32 Å². The molecular weight excluding hydrogens is 214 g/mol. The molecule has 3 heteroatoms. The molecule has 94 valence electrons. The van der Waals surface area contributed by atoms with Crippen molar-refractivity contribution in [3.8, 4) is 0 Å². The first kappa shape index (κ1) is 13.7. The molecule has 17 heavy (non-hydrogen) atoms. The van der Waals surface area contributed by atoms with E-state index in [1.807, 2.05) is 18.2 Å². The number of carbonyl (C=O) groups excluding carboxylic acids is 1. The highest BCUT2D eigenvalue weighted by molar-refractivity contribution is 5.75. The van der Waals surface area contributed by atoms with Gasteiger partial charge in [-0.3, -0.25) is 4.79 Å². The lowest BCUT2D eigenvalue weighted by Crippen LogP contribution is -2.38. The van der Waals surface area contributed by atoms with Crippen LogP contribution in [0.5, 0.6) is 0 Å². The van der Waals surface area contributed by atoms with Gasteiger partial charge >= 0.3 is 0 Å². The summed E-state index contributed by atoms with van der Waals surface area (Å²) in [5.41, 5.74) is 0.414. The quantitative estimate of drug-likeness (QED) is 0.791. The summed E-state index contributed by atoms with van der Waals surface area (Å²) in [5, 5.41) is 12.2. The SMILES string of the molecule is CC(C)(O)CNC(=O)CCCc1ccccc1. The highest BCUT2D eigenvalue weighted by Crippen LogP contribution is 2.04. The van der Waals surface area contributed by atoms with Crippen LogP contribution in [-0.2, 0) is 11.2 Å². The van der Waals surface area contributed by atoms with Crippen LogP contribution in [0.25, 0.3) is 0 Å². The molecule has 3 nitrogen and oxygen atoms in total. The number of aryl methyl sites for hydroxylation is 1. The summed E-state index contributed by atoms with van der Waals surface area (Å²) in [4.78, 5) is 11.5. The van der Waals surface area contributed by atoms with E-state index in [-0.39, 0.29) is 5.91 Å². The lowest BCUT2D eigenvalue weighted by Gasteiger charge is -2.17. The Hall–Kier alpha value is -1.35. The van der Waals surface area contributed by atoms with Crippen LogP contribution in [0.2, 0.25) is 0 Å². The minimum atomic E-state index is -0.838. The highest BCUT2D eigenvalue weighted by atomic mass is 16.3. The number of nitrogens with one attached hydrogen (secondary N) is 1. The molecule has 0 heterocycles. The van der Waals surface area contributed by atoms with E-state index < -0.39 is 5.60 Å². The van der Waals surface area contributed by atoms with Crippen molar-refractivity contribution in [2.24, 2.45) is 0 Å². The number of carbonyl (C=O) groups is 1. The molecule has 0 saturated carbocycles. The van der Waals surface area contributed by atoms with Gasteiger partial charge in [0.05, 0.1) is 5.60 Å². The zero-order valence-electron chi connectivity index (χ0n) is 10.6. The first-order chi connectivity index (χ1) is 7.97. The average Bonchev–Trinajstić information content (AvgIpc) is 2.27. The van der Waals surface area contributed by atoms with E-state index in [2.05, 4.69) is 17.4 Å². The lowest BCUT2D eigenvalue weighted by molar-refractivity contribution is -0.122. The molecule has 0 aliphatic rings. The summed E-state index contributed by atoms with van der Waals surface area (Å²) in [6.45, 7) is 3.66. The summed E-state index contributed by atoms with van der Waals surface area (Å²) >= 11 is 0. The van der Waals surface area contributed by atoms with Crippen molar-refractivity contribution in [1.29, 1.82) is 0 Å². The van der Waals surface area contributed by atoms with E-state index in [1.165, 1.54) is 5.56 Å². The van der Waals surface area contributed by atoms with Crippen LogP contribution >= 0.6 is 0 Å². The Bertz CT molecular complexity index is 341. The third-order valence-corrected chi connectivity index (χ3v) is 2.43. The van der Waals surface area contributed by atoms with Crippen LogP contribution in [0.15, 0.2) is 30.3 Å². The molecule has 0 spiro atoms. The van der Waals surface area contributed by atoms with E-state index in [0.717, 1.165) is 12.8 Å². The Morgan fingerprint density at radius 3 is 2.53 bits per heavy atom. The third kappa shape index (κ3) is 6.74.